The molecule has 10 heteroatoms. The number of phosphoric ester groups is 1. The lowest BCUT2D eigenvalue weighted by atomic mass is 10.0. The molecule has 0 aliphatic carbocycles. The average molecular weight is 697 g/mol. The highest BCUT2D eigenvalue weighted by molar-refractivity contribution is 7.46. The van der Waals surface area contributed by atoms with Gasteiger partial charge in [-0.25, -0.2) is 4.57 Å². The fourth-order valence-electron chi connectivity index (χ4n) is 4.54. The van der Waals surface area contributed by atoms with Gasteiger partial charge in [-0.3, -0.25) is 14.1 Å². The maximum absolute atomic E-state index is 12.3. The first-order chi connectivity index (χ1) is 23.0. The molecule has 0 saturated carbocycles. The molecule has 2 atom stereocenters. The van der Waals surface area contributed by atoms with Crippen molar-refractivity contribution < 1.29 is 43.0 Å². The first-order valence-electron chi connectivity index (χ1n) is 18.0. The van der Waals surface area contributed by atoms with Gasteiger partial charge in [-0.1, -0.05) is 139 Å². The summed E-state index contributed by atoms with van der Waals surface area (Å²) in [5.41, 5.74) is 0. The third kappa shape index (κ3) is 35.0. The number of aliphatic hydroxyl groups is 1. The Hall–Kier alpha value is -2.29. The van der Waals surface area contributed by atoms with E-state index in [-0.39, 0.29) is 25.6 Å². The Morgan fingerprint density at radius 3 is 1.81 bits per heavy atom. The van der Waals surface area contributed by atoms with Crippen molar-refractivity contribution in [2.45, 2.75) is 149 Å². The van der Waals surface area contributed by atoms with E-state index in [1.165, 1.54) is 38.5 Å². The van der Waals surface area contributed by atoms with E-state index < -0.39 is 32.5 Å². The van der Waals surface area contributed by atoms with Gasteiger partial charge in [0.2, 0.25) is 0 Å². The molecule has 0 aromatic carbocycles. The number of aliphatic hydroxyl groups excluding tert-OH is 1. The number of esters is 2. The Kier molecular flexibility index (Phi) is 30.4. The van der Waals surface area contributed by atoms with Crippen LogP contribution in [-0.4, -0.2) is 52.3 Å². The third-order valence-corrected chi connectivity index (χ3v) is 7.87. The van der Waals surface area contributed by atoms with Crippen LogP contribution in [0.4, 0.5) is 0 Å². The number of carbonyl (C=O) groups is 2. The highest BCUT2D eigenvalue weighted by Crippen LogP contribution is 2.35. The first-order valence-corrected chi connectivity index (χ1v) is 19.6. The average Bonchev–Trinajstić information content (AvgIpc) is 3.03. The van der Waals surface area contributed by atoms with E-state index >= 15 is 0 Å². The van der Waals surface area contributed by atoms with Crippen molar-refractivity contribution in [3.63, 3.8) is 0 Å². The molecule has 3 N–H and O–H groups in total. The lowest BCUT2D eigenvalue weighted by molar-refractivity contribution is -0.161. The van der Waals surface area contributed by atoms with E-state index in [0.29, 0.717) is 25.7 Å². The van der Waals surface area contributed by atoms with Crippen LogP contribution >= 0.6 is 7.82 Å². The molecule has 0 aliphatic rings. The van der Waals surface area contributed by atoms with Crippen molar-refractivity contribution in [1.82, 2.24) is 0 Å². The number of hydrogen-bond acceptors (Lipinski definition) is 7. The van der Waals surface area contributed by atoms with Crippen LogP contribution in [0.3, 0.4) is 0 Å². The summed E-state index contributed by atoms with van der Waals surface area (Å²) in [6.07, 6.45) is 34.8. The molecule has 0 amide bonds. The fraction of sp³-hybridized carbons (Fsp3) is 0.684. The molecule has 0 radical (unpaired) electrons. The Labute approximate surface area is 290 Å². The van der Waals surface area contributed by atoms with E-state index in [9.17, 15) is 19.3 Å². The van der Waals surface area contributed by atoms with Gasteiger partial charge in [0.25, 0.3) is 0 Å². The zero-order valence-electron chi connectivity index (χ0n) is 29.9. The van der Waals surface area contributed by atoms with Gasteiger partial charge in [-0.2, -0.15) is 0 Å². The summed E-state index contributed by atoms with van der Waals surface area (Å²) in [4.78, 5) is 42.6. The molecule has 0 aliphatic heterocycles. The molecule has 0 heterocycles. The molecule has 0 bridgehead atoms. The lowest BCUT2D eigenvalue weighted by Crippen LogP contribution is -2.29. The Morgan fingerprint density at radius 2 is 1.23 bits per heavy atom. The van der Waals surface area contributed by atoms with Crippen LogP contribution in [0.1, 0.15) is 136 Å². The largest absolute Gasteiger partial charge is 0.469 e. The molecule has 0 aromatic heterocycles. The topological polar surface area (TPSA) is 140 Å². The summed E-state index contributed by atoms with van der Waals surface area (Å²) < 4.78 is 26.2. The standard InChI is InChI=1S/C38H65O9P/c1-4-35(39)29-25-21-17-13-9-7-5-6-8-10-14-19-23-27-31-38(41)47-36(33-46-48(42,43)44)32-45-37(40)30-26-22-18-15-11-12-16-20-24-28-34(2)3/h6-9,14,17,19,21,25,29,34-36,39H,4-5,10-13,15-16,18,20,22-24,26-28,30-33H2,1-3H3,(H2,42,43,44)/b8-6-,9-7-,19-14-,21-17-,29-25+/t35-,36-/m1/s1. The van der Waals surface area contributed by atoms with Crippen molar-refractivity contribution in [1.29, 1.82) is 0 Å². The van der Waals surface area contributed by atoms with Crippen molar-refractivity contribution >= 4 is 19.8 Å². The number of carbonyl (C=O) groups excluding carboxylic acids is 2. The van der Waals surface area contributed by atoms with Crippen molar-refractivity contribution in [3.05, 3.63) is 60.8 Å². The molecule has 0 fully saturated rings. The molecule has 9 nitrogen and oxygen atoms in total. The quantitative estimate of drug-likeness (QED) is 0.0213. The minimum Gasteiger partial charge on any atom is -0.462 e. The van der Waals surface area contributed by atoms with E-state index in [2.05, 4.69) is 42.7 Å². The molecule has 0 saturated heterocycles. The molecule has 0 unspecified atom stereocenters. The van der Waals surface area contributed by atoms with Gasteiger partial charge in [-0.05, 0) is 50.9 Å². The normalized spacial score (nSPS) is 14.0. The second-order valence-electron chi connectivity index (χ2n) is 12.5. The Balaban J connectivity index is 4.14. The van der Waals surface area contributed by atoms with Gasteiger partial charge in [0, 0.05) is 12.8 Å². The highest BCUT2D eigenvalue weighted by Gasteiger charge is 2.22. The summed E-state index contributed by atoms with van der Waals surface area (Å²) in [6.45, 7) is 5.57. The Bertz CT molecular complexity index is 994. The summed E-state index contributed by atoms with van der Waals surface area (Å²) in [7, 11) is -4.77. The van der Waals surface area contributed by atoms with E-state index in [1.807, 2.05) is 37.3 Å². The summed E-state index contributed by atoms with van der Waals surface area (Å²) >= 11 is 0. The maximum atomic E-state index is 12.3. The van der Waals surface area contributed by atoms with Crippen LogP contribution in [0.15, 0.2) is 60.8 Å². The Morgan fingerprint density at radius 1 is 0.688 bits per heavy atom. The number of phosphoric acid groups is 1. The van der Waals surface area contributed by atoms with Gasteiger partial charge in [0.15, 0.2) is 6.10 Å². The number of ether oxygens (including phenoxy) is 2. The van der Waals surface area contributed by atoms with Crippen LogP contribution in [-0.2, 0) is 28.2 Å². The number of allylic oxidation sites excluding steroid dienone is 9. The molecule has 0 spiro atoms. The van der Waals surface area contributed by atoms with E-state index in [4.69, 9.17) is 19.3 Å². The molecule has 48 heavy (non-hydrogen) atoms. The van der Waals surface area contributed by atoms with Gasteiger partial charge >= 0.3 is 19.8 Å². The van der Waals surface area contributed by atoms with Crippen molar-refractivity contribution in [2.75, 3.05) is 13.2 Å². The van der Waals surface area contributed by atoms with Gasteiger partial charge < -0.3 is 24.4 Å². The molecular weight excluding hydrogens is 631 g/mol. The minimum absolute atomic E-state index is 0.118. The van der Waals surface area contributed by atoms with Gasteiger partial charge in [0.05, 0.1) is 12.7 Å². The molecule has 0 rings (SSSR count). The van der Waals surface area contributed by atoms with E-state index in [1.54, 1.807) is 6.08 Å². The van der Waals surface area contributed by atoms with Crippen LogP contribution in [0.5, 0.6) is 0 Å². The number of hydrogen-bond donors (Lipinski definition) is 3. The lowest BCUT2D eigenvalue weighted by Gasteiger charge is -2.18. The number of unbranched alkanes of at least 4 members (excludes halogenated alkanes) is 9. The molecule has 276 valence electrons. The summed E-state index contributed by atoms with van der Waals surface area (Å²) in [5, 5.41) is 9.44. The summed E-state index contributed by atoms with van der Waals surface area (Å²) in [5.74, 6) is -0.199. The maximum Gasteiger partial charge on any atom is 0.469 e. The van der Waals surface area contributed by atoms with Crippen LogP contribution in [0.25, 0.3) is 0 Å². The van der Waals surface area contributed by atoms with Gasteiger partial charge in [0.1, 0.15) is 6.61 Å². The molecular formula is C38H65O9P. The third-order valence-electron chi connectivity index (χ3n) is 7.39. The second kappa shape index (κ2) is 31.9. The smallest absolute Gasteiger partial charge is 0.462 e. The molecule has 0 aromatic rings. The predicted octanol–water partition coefficient (Wildman–Crippen LogP) is 9.39. The SMILES string of the molecule is CC[C@@H](O)/C=C/C=C\C/C=C\C/C=C\C/C=C\CCCC(=O)O[C@H](COC(=O)CCCCCCCCCCCC(C)C)COP(=O)(O)O. The zero-order chi connectivity index (χ0) is 35.7. The van der Waals surface area contributed by atoms with Crippen LogP contribution in [0, 0.1) is 5.92 Å². The first kappa shape index (κ1) is 45.7. The summed E-state index contributed by atoms with van der Waals surface area (Å²) in [6, 6.07) is 0. The van der Waals surface area contributed by atoms with Gasteiger partial charge in [-0.15, -0.1) is 0 Å². The van der Waals surface area contributed by atoms with Crippen LogP contribution in [0.2, 0.25) is 0 Å². The fourth-order valence-corrected chi connectivity index (χ4v) is 4.90. The monoisotopic (exact) mass is 696 g/mol. The predicted molar refractivity (Wildman–Crippen MR) is 194 cm³/mol. The number of rotatable bonds is 31. The second-order valence-corrected chi connectivity index (χ2v) is 13.7. The van der Waals surface area contributed by atoms with Crippen molar-refractivity contribution in [2.24, 2.45) is 5.92 Å². The van der Waals surface area contributed by atoms with E-state index in [0.717, 1.165) is 44.4 Å². The minimum atomic E-state index is -4.77. The highest BCUT2D eigenvalue weighted by atomic mass is 31.2. The van der Waals surface area contributed by atoms with Crippen molar-refractivity contribution in [3.8, 4) is 0 Å². The zero-order valence-corrected chi connectivity index (χ0v) is 30.8. The van der Waals surface area contributed by atoms with Crippen LogP contribution < -0.4 is 0 Å².